The molecule has 0 radical (unpaired) electrons. The SMILES string of the molecule is C=Cc1cccnc1O[C@H]1CN[C@H](C(=O)OC)C1. The normalized spacial score (nSPS) is 22.5. The predicted octanol–water partition coefficient (Wildman–Crippen LogP) is 1.01. The molecular weight excluding hydrogens is 232 g/mol. The number of hydrogen-bond donors (Lipinski definition) is 1. The lowest BCUT2D eigenvalue weighted by Gasteiger charge is -2.13. The fourth-order valence-electron chi connectivity index (χ4n) is 1.93. The molecule has 2 rings (SSSR count). The first kappa shape index (κ1) is 12.6. The molecule has 0 aromatic carbocycles. The van der Waals surface area contributed by atoms with Crippen molar-refractivity contribution in [2.45, 2.75) is 18.6 Å². The lowest BCUT2D eigenvalue weighted by molar-refractivity contribution is -0.142. The maximum Gasteiger partial charge on any atom is 0.323 e. The van der Waals surface area contributed by atoms with Gasteiger partial charge in [-0.1, -0.05) is 12.7 Å². The van der Waals surface area contributed by atoms with Crippen LogP contribution in [0.3, 0.4) is 0 Å². The zero-order valence-corrected chi connectivity index (χ0v) is 10.3. The zero-order chi connectivity index (χ0) is 13.0. The summed E-state index contributed by atoms with van der Waals surface area (Å²) >= 11 is 0. The highest BCUT2D eigenvalue weighted by molar-refractivity contribution is 5.76. The average molecular weight is 248 g/mol. The number of nitrogens with zero attached hydrogens (tertiary/aromatic N) is 1. The molecular formula is C13H16N2O3. The van der Waals surface area contributed by atoms with E-state index in [2.05, 4.69) is 21.6 Å². The Balaban J connectivity index is 1.99. The predicted molar refractivity (Wildman–Crippen MR) is 67.2 cm³/mol. The molecule has 5 heteroatoms. The van der Waals surface area contributed by atoms with Crippen molar-refractivity contribution in [3.63, 3.8) is 0 Å². The van der Waals surface area contributed by atoms with Gasteiger partial charge in [-0.05, 0) is 12.1 Å². The second-order valence-electron chi connectivity index (χ2n) is 4.06. The van der Waals surface area contributed by atoms with Gasteiger partial charge in [-0.25, -0.2) is 4.98 Å². The molecule has 0 aliphatic carbocycles. The molecule has 1 N–H and O–H groups in total. The number of hydrogen-bond acceptors (Lipinski definition) is 5. The molecule has 2 atom stereocenters. The maximum absolute atomic E-state index is 11.4. The molecule has 1 aromatic heterocycles. The van der Waals surface area contributed by atoms with E-state index in [1.54, 1.807) is 12.3 Å². The first-order chi connectivity index (χ1) is 8.74. The van der Waals surface area contributed by atoms with Crippen molar-refractivity contribution in [3.8, 4) is 5.88 Å². The van der Waals surface area contributed by atoms with E-state index < -0.39 is 0 Å². The number of carbonyl (C=O) groups excluding carboxylic acids is 1. The molecule has 1 aromatic rings. The largest absolute Gasteiger partial charge is 0.472 e. The van der Waals surface area contributed by atoms with Crippen LogP contribution >= 0.6 is 0 Å². The minimum absolute atomic E-state index is 0.0808. The monoisotopic (exact) mass is 248 g/mol. The Hall–Kier alpha value is -1.88. The molecule has 0 unspecified atom stereocenters. The van der Waals surface area contributed by atoms with Crippen LogP contribution in [0.2, 0.25) is 0 Å². The molecule has 18 heavy (non-hydrogen) atoms. The van der Waals surface area contributed by atoms with Gasteiger partial charge in [0.15, 0.2) is 0 Å². The average Bonchev–Trinajstić information content (AvgIpc) is 2.87. The van der Waals surface area contributed by atoms with Gasteiger partial charge in [-0.15, -0.1) is 0 Å². The van der Waals surface area contributed by atoms with E-state index in [-0.39, 0.29) is 18.1 Å². The second kappa shape index (κ2) is 5.64. The van der Waals surface area contributed by atoms with Crippen LogP contribution in [0.5, 0.6) is 5.88 Å². The van der Waals surface area contributed by atoms with E-state index in [1.807, 2.05) is 12.1 Å². The van der Waals surface area contributed by atoms with Crippen LogP contribution in [-0.2, 0) is 9.53 Å². The number of carbonyl (C=O) groups is 1. The maximum atomic E-state index is 11.4. The Morgan fingerprint density at radius 1 is 1.67 bits per heavy atom. The molecule has 0 amide bonds. The molecule has 1 aliphatic heterocycles. The summed E-state index contributed by atoms with van der Waals surface area (Å²) in [5, 5.41) is 3.06. The minimum Gasteiger partial charge on any atom is -0.472 e. The summed E-state index contributed by atoms with van der Waals surface area (Å²) in [6.45, 7) is 4.32. The lowest BCUT2D eigenvalue weighted by atomic mass is 10.2. The summed E-state index contributed by atoms with van der Waals surface area (Å²) in [7, 11) is 1.38. The van der Waals surface area contributed by atoms with E-state index in [4.69, 9.17) is 4.74 Å². The third-order valence-corrected chi connectivity index (χ3v) is 2.88. The number of aromatic nitrogens is 1. The van der Waals surface area contributed by atoms with Crippen molar-refractivity contribution in [1.82, 2.24) is 10.3 Å². The van der Waals surface area contributed by atoms with E-state index in [1.165, 1.54) is 7.11 Å². The van der Waals surface area contributed by atoms with Crippen LogP contribution < -0.4 is 10.1 Å². The Labute approximate surface area is 106 Å². The van der Waals surface area contributed by atoms with E-state index in [0.717, 1.165) is 5.56 Å². The molecule has 1 saturated heterocycles. The Kier molecular flexibility index (Phi) is 3.94. The summed E-state index contributed by atoms with van der Waals surface area (Å²) in [4.78, 5) is 15.5. The molecule has 1 aliphatic rings. The number of nitrogens with one attached hydrogen (secondary N) is 1. The van der Waals surface area contributed by atoms with Gasteiger partial charge in [-0.3, -0.25) is 4.79 Å². The summed E-state index contributed by atoms with van der Waals surface area (Å²) in [6.07, 6.45) is 3.87. The fourth-order valence-corrected chi connectivity index (χ4v) is 1.93. The minimum atomic E-state index is -0.295. The van der Waals surface area contributed by atoms with Crippen LogP contribution in [0.4, 0.5) is 0 Å². The van der Waals surface area contributed by atoms with Gasteiger partial charge in [0.1, 0.15) is 12.1 Å². The Morgan fingerprint density at radius 2 is 2.50 bits per heavy atom. The van der Waals surface area contributed by atoms with E-state index in [9.17, 15) is 4.79 Å². The van der Waals surface area contributed by atoms with Crippen LogP contribution in [0.25, 0.3) is 6.08 Å². The van der Waals surface area contributed by atoms with E-state index in [0.29, 0.717) is 18.8 Å². The molecule has 96 valence electrons. The summed E-state index contributed by atoms with van der Waals surface area (Å²) in [5.74, 6) is 0.288. The van der Waals surface area contributed by atoms with Gasteiger partial charge in [0.2, 0.25) is 5.88 Å². The van der Waals surface area contributed by atoms with Gasteiger partial charge in [0.05, 0.1) is 7.11 Å². The zero-order valence-electron chi connectivity index (χ0n) is 10.3. The van der Waals surface area contributed by atoms with Crippen molar-refractivity contribution in [3.05, 3.63) is 30.5 Å². The third-order valence-electron chi connectivity index (χ3n) is 2.88. The highest BCUT2D eigenvalue weighted by atomic mass is 16.5. The van der Waals surface area contributed by atoms with Gasteiger partial charge < -0.3 is 14.8 Å². The standard InChI is InChI=1S/C13H16N2O3/c1-3-9-5-4-6-14-12(9)18-10-7-11(15-8-10)13(16)17-2/h3-6,10-11,15H,1,7-8H2,2H3/t10-,11+/m1/s1. The second-order valence-corrected chi connectivity index (χ2v) is 4.06. The van der Waals surface area contributed by atoms with Crippen molar-refractivity contribution in [2.24, 2.45) is 0 Å². The highest BCUT2D eigenvalue weighted by Crippen LogP contribution is 2.20. The molecule has 5 nitrogen and oxygen atoms in total. The smallest absolute Gasteiger partial charge is 0.323 e. The Morgan fingerprint density at radius 3 is 3.22 bits per heavy atom. The quantitative estimate of drug-likeness (QED) is 0.806. The van der Waals surface area contributed by atoms with Crippen molar-refractivity contribution in [1.29, 1.82) is 0 Å². The summed E-state index contributed by atoms with van der Waals surface area (Å²) in [5.41, 5.74) is 0.846. The van der Waals surface area contributed by atoms with Crippen LogP contribution in [-0.4, -0.2) is 36.8 Å². The first-order valence-electron chi connectivity index (χ1n) is 5.80. The molecule has 2 heterocycles. The van der Waals surface area contributed by atoms with Gasteiger partial charge >= 0.3 is 5.97 Å². The molecule has 0 saturated carbocycles. The van der Waals surface area contributed by atoms with Gasteiger partial charge in [-0.2, -0.15) is 0 Å². The number of pyridine rings is 1. The van der Waals surface area contributed by atoms with Crippen LogP contribution in [0, 0.1) is 0 Å². The van der Waals surface area contributed by atoms with E-state index >= 15 is 0 Å². The Bertz CT molecular complexity index is 448. The highest BCUT2D eigenvalue weighted by Gasteiger charge is 2.31. The molecule has 0 spiro atoms. The number of esters is 1. The number of ether oxygens (including phenoxy) is 2. The number of methoxy groups -OCH3 is 1. The van der Waals surface area contributed by atoms with Crippen LogP contribution in [0.1, 0.15) is 12.0 Å². The van der Waals surface area contributed by atoms with Gasteiger partial charge in [0.25, 0.3) is 0 Å². The summed E-state index contributed by atoms with van der Waals surface area (Å²) in [6, 6.07) is 3.42. The topological polar surface area (TPSA) is 60.5 Å². The van der Waals surface area contributed by atoms with Gasteiger partial charge in [0, 0.05) is 24.7 Å². The van der Waals surface area contributed by atoms with Crippen molar-refractivity contribution < 1.29 is 14.3 Å². The molecule has 1 fully saturated rings. The third kappa shape index (κ3) is 2.68. The fraction of sp³-hybridized carbons (Fsp3) is 0.385. The summed E-state index contributed by atoms with van der Waals surface area (Å²) < 4.78 is 10.5. The lowest BCUT2D eigenvalue weighted by Crippen LogP contribution is -2.31. The molecule has 0 bridgehead atoms. The number of rotatable bonds is 4. The first-order valence-corrected chi connectivity index (χ1v) is 5.80. The van der Waals surface area contributed by atoms with Crippen molar-refractivity contribution >= 4 is 12.0 Å². The van der Waals surface area contributed by atoms with Crippen LogP contribution in [0.15, 0.2) is 24.9 Å². The van der Waals surface area contributed by atoms with Crippen molar-refractivity contribution in [2.75, 3.05) is 13.7 Å².